The summed E-state index contributed by atoms with van der Waals surface area (Å²) in [6, 6.07) is 7.91. The monoisotopic (exact) mass is 379 g/mol. The van der Waals surface area contributed by atoms with Crippen LogP contribution >= 0.6 is 0 Å². The molecule has 1 aliphatic carbocycles. The number of nitrogens with zero attached hydrogens (tertiary/aromatic N) is 5. The number of rotatable bonds is 6. The summed E-state index contributed by atoms with van der Waals surface area (Å²) in [5.41, 5.74) is 5.93. The Morgan fingerprint density at radius 1 is 1.14 bits per heavy atom. The summed E-state index contributed by atoms with van der Waals surface area (Å²) in [6.07, 6.45) is 5.83. The third-order valence-corrected chi connectivity index (χ3v) is 4.98. The van der Waals surface area contributed by atoms with Crippen molar-refractivity contribution in [2.75, 3.05) is 11.9 Å². The van der Waals surface area contributed by atoms with Gasteiger partial charge >= 0.3 is 0 Å². The van der Waals surface area contributed by atoms with Crippen molar-refractivity contribution in [2.24, 2.45) is 5.73 Å². The van der Waals surface area contributed by atoms with Crippen LogP contribution in [0.2, 0.25) is 0 Å². The minimum absolute atomic E-state index is 0.110. The van der Waals surface area contributed by atoms with E-state index in [1.54, 1.807) is 24.4 Å². The number of pyridine rings is 1. The maximum atomic E-state index is 14.2. The molecule has 0 bridgehead atoms. The molecule has 0 aromatic carbocycles. The van der Waals surface area contributed by atoms with Crippen molar-refractivity contribution in [3.05, 3.63) is 59.9 Å². The van der Waals surface area contributed by atoms with Gasteiger partial charge in [0.1, 0.15) is 23.0 Å². The van der Waals surface area contributed by atoms with Crippen molar-refractivity contribution in [1.82, 2.24) is 25.1 Å². The predicted octanol–water partition coefficient (Wildman–Crippen LogP) is 2.10. The van der Waals surface area contributed by atoms with Gasteiger partial charge in [-0.25, -0.2) is 14.4 Å². The highest BCUT2D eigenvalue weighted by Gasteiger charge is 2.41. The SMILES string of the molecule is NC(=O)c1ccnc(-c2ccc(NCC3(c4ncccc4F)CCC3)nn2)n1. The molecule has 142 valence electrons. The second-order valence-electron chi connectivity index (χ2n) is 6.75. The number of nitrogens with one attached hydrogen (secondary N) is 1. The minimum atomic E-state index is -0.637. The predicted molar refractivity (Wildman–Crippen MR) is 99.8 cm³/mol. The standard InChI is InChI=1S/C19H18FN7O/c20-12-3-1-9-22-16(12)19(7-2-8-19)11-24-15-5-4-14(26-27-15)18-23-10-6-13(25-18)17(21)28/h1,3-6,9-10H,2,7-8,11H2,(H2,21,28)(H,24,27). The van der Waals surface area contributed by atoms with E-state index >= 15 is 0 Å². The topological polar surface area (TPSA) is 120 Å². The highest BCUT2D eigenvalue weighted by molar-refractivity contribution is 5.90. The quantitative estimate of drug-likeness (QED) is 0.673. The molecule has 1 fully saturated rings. The summed E-state index contributed by atoms with van der Waals surface area (Å²) in [5, 5.41) is 11.5. The first-order valence-corrected chi connectivity index (χ1v) is 8.89. The maximum absolute atomic E-state index is 14.2. The van der Waals surface area contributed by atoms with Gasteiger partial charge < -0.3 is 11.1 Å². The second kappa shape index (κ2) is 7.26. The molecule has 0 atom stereocenters. The van der Waals surface area contributed by atoms with Gasteiger partial charge in [0.2, 0.25) is 0 Å². The molecule has 8 nitrogen and oxygen atoms in total. The summed E-state index contributed by atoms with van der Waals surface area (Å²) in [7, 11) is 0. The van der Waals surface area contributed by atoms with Crippen LogP contribution in [0.25, 0.3) is 11.5 Å². The van der Waals surface area contributed by atoms with Crippen LogP contribution in [0.4, 0.5) is 10.2 Å². The largest absolute Gasteiger partial charge is 0.368 e. The molecule has 1 amide bonds. The summed E-state index contributed by atoms with van der Waals surface area (Å²) in [5.74, 6) is -0.0989. The van der Waals surface area contributed by atoms with Crippen LogP contribution in [0.3, 0.4) is 0 Å². The molecular formula is C19H18FN7O. The number of hydrogen-bond donors (Lipinski definition) is 2. The molecule has 4 rings (SSSR count). The van der Waals surface area contributed by atoms with E-state index in [4.69, 9.17) is 5.73 Å². The zero-order valence-corrected chi connectivity index (χ0v) is 15.0. The molecule has 3 heterocycles. The van der Waals surface area contributed by atoms with Gasteiger partial charge in [-0.2, -0.15) is 0 Å². The molecule has 3 aromatic heterocycles. The smallest absolute Gasteiger partial charge is 0.267 e. The number of anilines is 1. The summed E-state index contributed by atoms with van der Waals surface area (Å²) in [6.45, 7) is 0.516. The molecule has 9 heteroatoms. The molecule has 28 heavy (non-hydrogen) atoms. The Bertz CT molecular complexity index is 1010. The van der Waals surface area contributed by atoms with Crippen molar-refractivity contribution >= 4 is 11.7 Å². The Labute approximate surface area is 160 Å². The van der Waals surface area contributed by atoms with E-state index in [0.29, 0.717) is 23.8 Å². The number of amides is 1. The second-order valence-corrected chi connectivity index (χ2v) is 6.75. The van der Waals surface area contributed by atoms with Crippen LogP contribution in [0.15, 0.2) is 42.7 Å². The number of carbonyl (C=O) groups excluding carboxylic acids is 1. The molecule has 3 N–H and O–H groups in total. The lowest BCUT2D eigenvalue weighted by Crippen LogP contribution is -2.42. The van der Waals surface area contributed by atoms with Gasteiger partial charge in [0.15, 0.2) is 5.82 Å². The van der Waals surface area contributed by atoms with Crippen LogP contribution in [0.1, 0.15) is 35.4 Å². The lowest BCUT2D eigenvalue weighted by molar-refractivity contribution is 0.0995. The zero-order valence-electron chi connectivity index (χ0n) is 15.0. The third-order valence-electron chi connectivity index (χ3n) is 4.98. The summed E-state index contributed by atoms with van der Waals surface area (Å²) >= 11 is 0. The average Bonchev–Trinajstić information content (AvgIpc) is 2.69. The maximum Gasteiger partial charge on any atom is 0.267 e. The van der Waals surface area contributed by atoms with Crippen molar-refractivity contribution in [1.29, 1.82) is 0 Å². The highest BCUT2D eigenvalue weighted by atomic mass is 19.1. The van der Waals surface area contributed by atoms with Crippen LogP contribution in [-0.2, 0) is 5.41 Å². The van der Waals surface area contributed by atoms with Crippen LogP contribution in [-0.4, -0.2) is 37.6 Å². The number of primary amides is 1. The van der Waals surface area contributed by atoms with Gasteiger partial charge in [-0.1, -0.05) is 6.42 Å². The fourth-order valence-corrected chi connectivity index (χ4v) is 3.30. The summed E-state index contributed by atoms with van der Waals surface area (Å²) in [4.78, 5) is 23.7. The number of carbonyl (C=O) groups is 1. The van der Waals surface area contributed by atoms with Gasteiger partial charge in [0.25, 0.3) is 5.91 Å². The van der Waals surface area contributed by atoms with E-state index < -0.39 is 5.91 Å². The Morgan fingerprint density at radius 2 is 2.00 bits per heavy atom. The zero-order chi connectivity index (χ0) is 19.6. The fourth-order valence-electron chi connectivity index (χ4n) is 3.30. The van der Waals surface area contributed by atoms with E-state index in [9.17, 15) is 9.18 Å². The Hall–Kier alpha value is -3.49. The van der Waals surface area contributed by atoms with Crippen LogP contribution in [0, 0.1) is 5.82 Å². The van der Waals surface area contributed by atoms with E-state index in [2.05, 4.69) is 30.5 Å². The molecule has 1 saturated carbocycles. The van der Waals surface area contributed by atoms with Crippen molar-refractivity contribution in [3.63, 3.8) is 0 Å². The molecule has 0 spiro atoms. The Kier molecular flexibility index (Phi) is 4.64. The first-order valence-electron chi connectivity index (χ1n) is 8.89. The van der Waals surface area contributed by atoms with Gasteiger partial charge in [-0.05, 0) is 43.2 Å². The fraction of sp³-hybridized carbons (Fsp3) is 0.263. The molecule has 0 radical (unpaired) electrons. The number of hydrogen-bond acceptors (Lipinski definition) is 7. The first-order chi connectivity index (χ1) is 13.6. The molecule has 0 unspecified atom stereocenters. The number of aromatic nitrogens is 5. The normalized spacial score (nSPS) is 14.9. The first kappa shape index (κ1) is 17.9. The minimum Gasteiger partial charge on any atom is -0.368 e. The molecule has 1 aliphatic rings. The van der Waals surface area contributed by atoms with Crippen LogP contribution in [0.5, 0.6) is 0 Å². The number of halogens is 1. The lowest BCUT2D eigenvalue weighted by atomic mass is 9.66. The lowest BCUT2D eigenvalue weighted by Gasteiger charge is -2.41. The Morgan fingerprint density at radius 3 is 2.64 bits per heavy atom. The average molecular weight is 379 g/mol. The van der Waals surface area contributed by atoms with E-state index in [1.807, 2.05) is 0 Å². The van der Waals surface area contributed by atoms with Crippen molar-refractivity contribution in [3.8, 4) is 11.5 Å². The summed E-state index contributed by atoms with van der Waals surface area (Å²) < 4.78 is 14.2. The Balaban J connectivity index is 1.49. The van der Waals surface area contributed by atoms with Gasteiger partial charge in [-0.15, -0.1) is 10.2 Å². The van der Waals surface area contributed by atoms with Gasteiger partial charge in [-0.3, -0.25) is 9.78 Å². The molecular weight excluding hydrogens is 361 g/mol. The van der Waals surface area contributed by atoms with E-state index in [-0.39, 0.29) is 22.8 Å². The number of nitrogens with two attached hydrogens (primary N) is 1. The van der Waals surface area contributed by atoms with E-state index in [0.717, 1.165) is 19.3 Å². The van der Waals surface area contributed by atoms with E-state index in [1.165, 1.54) is 18.3 Å². The molecule has 0 saturated heterocycles. The highest BCUT2D eigenvalue weighted by Crippen LogP contribution is 2.43. The van der Waals surface area contributed by atoms with Gasteiger partial charge in [0.05, 0.1) is 5.69 Å². The third kappa shape index (κ3) is 3.38. The molecule has 0 aliphatic heterocycles. The molecule has 3 aromatic rings. The van der Waals surface area contributed by atoms with Crippen molar-refractivity contribution < 1.29 is 9.18 Å². The van der Waals surface area contributed by atoms with Crippen LogP contribution < -0.4 is 11.1 Å². The van der Waals surface area contributed by atoms with Gasteiger partial charge in [0, 0.05) is 24.4 Å². The van der Waals surface area contributed by atoms with Crippen molar-refractivity contribution in [2.45, 2.75) is 24.7 Å².